The van der Waals surface area contributed by atoms with Crippen molar-refractivity contribution in [2.45, 2.75) is 26.4 Å². The average molecular weight is 249 g/mol. The molecule has 98 valence electrons. The molecule has 1 aliphatic rings. The van der Waals surface area contributed by atoms with Crippen molar-refractivity contribution in [2.75, 3.05) is 25.4 Å². The van der Waals surface area contributed by atoms with Crippen LogP contribution in [0.4, 0.5) is 5.82 Å². The monoisotopic (exact) mass is 249 g/mol. The largest absolute Gasteiger partial charge is 0.382 e. The number of rotatable bonds is 2. The molecule has 0 bridgehead atoms. The van der Waals surface area contributed by atoms with Crippen LogP contribution in [-0.2, 0) is 11.3 Å². The van der Waals surface area contributed by atoms with Gasteiger partial charge in [-0.05, 0) is 6.92 Å². The third kappa shape index (κ3) is 2.95. The minimum absolute atomic E-state index is 0.148. The lowest BCUT2D eigenvalue weighted by Gasteiger charge is -2.39. The third-order valence-corrected chi connectivity index (χ3v) is 3.23. The Morgan fingerprint density at radius 1 is 1.44 bits per heavy atom. The topological polar surface area (TPSA) is 75.4 Å². The minimum atomic E-state index is 0.148. The van der Waals surface area contributed by atoms with Gasteiger partial charge in [-0.1, -0.05) is 0 Å². The summed E-state index contributed by atoms with van der Waals surface area (Å²) in [5.41, 5.74) is 6.41. The number of hydrogen-bond acceptors (Lipinski definition) is 5. The average Bonchev–Trinajstić information content (AvgIpc) is 2.32. The highest BCUT2D eigenvalue weighted by Crippen LogP contribution is 2.12. The Balaban J connectivity index is 1.93. The summed E-state index contributed by atoms with van der Waals surface area (Å²) in [6, 6.07) is 0.248. The van der Waals surface area contributed by atoms with Crippen molar-refractivity contribution in [1.29, 1.82) is 0 Å². The van der Waals surface area contributed by atoms with Crippen molar-refractivity contribution in [1.82, 2.24) is 19.8 Å². The van der Waals surface area contributed by atoms with Crippen molar-refractivity contribution < 1.29 is 4.79 Å². The predicted octanol–water partition coefficient (Wildman–Crippen LogP) is 0.111. The van der Waals surface area contributed by atoms with E-state index < -0.39 is 0 Å². The van der Waals surface area contributed by atoms with Gasteiger partial charge in [-0.25, -0.2) is 4.98 Å². The molecule has 0 aromatic carbocycles. The van der Waals surface area contributed by atoms with Crippen molar-refractivity contribution >= 4 is 11.7 Å². The smallest absolute Gasteiger partial charge is 0.219 e. The fraction of sp³-hybridized carbons (Fsp3) is 0.583. The van der Waals surface area contributed by atoms with Gasteiger partial charge in [0.2, 0.25) is 5.91 Å². The van der Waals surface area contributed by atoms with Gasteiger partial charge >= 0.3 is 0 Å². The first-order valence-corrected chi connectivity index (χ1v) is 6.12. The Hall–Kier alpha value is -1.69. The van der Waals surface area contributed by atoms with Crippen molar-refractivity contribution in [3.8, 4) is 0 Å². The highest BCUT2D eigenvalue weighted by molar-refractivity contribution is 5.73. The lowest BCUT2D eigenvalue weighted by Crippen LogP contribution is -2.53. The highest BCUT2D eigenvalue weighted by Gasteiger charge is 2.25. The fourth-order valence-corrected chi connectivity index (χ4v) is 2.32. The maximum Gasteiger partial charge on any atom is 0.219 e. The number of anilines is 1. The summed E-state index contributed by atoms with van der Waals surface area (Å²) in [5, 5.41) is 0. The third-order valence-electron chi connectivity index (χ3n) is 3.23. The molecule has 1 saturated heterocycles. The molecular formula is C12H19N5O. The molecule has 1 atom stereocenters. The van der Waals surface area contributed by atoms with Gasteiger partial charge < -0.3 is 10.6 Å². The zero-order valence-corrected chi connectivity index (χ0v) is 10.8. The molecule has 1 aromatic heterocycles. The van der Waals surface area contributed by atoms with Crippen LogP contribution in [0, 0.1) is 0 Å². The van der Waals surface area contributed by atoms with Gasteiger partial charge in [-0.2, -0.15) is 0 Å². The first kappa shape index (κ1) is 12.8. The Morgan fingerprint density at radius 2 is 2.22 bits per heavy atom. The van der Waals surface area contributed by atoms with Crippen molar-refractivity contribution in [3.05, 3.63) is 18.1 Å². The van der Waals surface area contributed by atoms with E-state index in [1.54, 1.807) is 19.3 Å². The van der Waals surface area contributed by atoms with Gasteiger partial charge in [0.1, 0.15) is 5.82 Å². The second kappa shape index (κ2) is 5.30. The number of piperazine rings is 1. The molecule has 0 aliphatic carbocycles. The molecule has 2 heterocycles. The van der Waals surface area contributed by atoms with E-state index in [1.165, 1.54) is 0 Å². The van der Waals surface area contributed by atoms with Crippen LogP contribution < -0.4 is 5.73 Å². The fourth-order valence-electron chi connectivity index (χ4n) is 2.32. The normalized spacial score (nSPS) is 21.0. The van der Waals surface area contributed by atoms with Crippen LogP contribution in [0.25, 0.3) is 0 Å². The Labute approximate surface area is 107 Å². The van der Waals surface area contributed by atoms with E-state index in [0.717, 1.165) is 31.9 Å². The molecule has 1 amide bonds. The van der Waals surface area contributed by atoms with E-state index in [-0.39, 0.29) is 11.9 Å². The number of nitrogens with two attached hydrogens (primary N) is 1. The quantitative estimate of drug-likeness (QED) is 0.805. The van der Waals surface area contributed by atoms with Crippen LogP contribution in [-0.4, -0.2) is 51.4 Å². The van der Waals surface area contributed by atoms with E-state index in [0.29, 0.717) is 5.82 Å². The zero-order chi connectivity index (χ0) is 13.1. The molecule has 0 saturated carbocycles. The van der Waals surface area contributed by atoms with Crippen LogP contribution in [0.5, 0.6) is 0 Å². The molecule has 18 heavy (non-hydrogen) atoms. The van der Waals surface area contributed by atoms with Gasteiger partial charge in [-0.15, -0.1) is 0 Å². The van der Waals surface area contributed by atoms with Gasteiger partial charge in [0.15, 0.2) is 0 Å². The molecule has 1 aliphatic heterocycles. The molecule has 0 radical (unpaired) electrons. The van der Waals surface area contributed by atoms with Crippen LogP contribution in [0.2, 0.25) is 0 Å². The van der Waals surface area contributed by atoms with Crippen LogP contribution in [0.1, 0.15) is 19.5 Å². The molecular weight excluding hydrogens is 230 g/mol. The summed E-state index contributed by atoms with van der Waals surface area (Å²) in [4.78, 5) is 23.8. The second-order valence-corrected chi connectivity index (χ2v) is 4.73. The van der Waals surface area contributed by atoms with E-state index in [1.807, 2.05) is 4.90 Å². The number of carbonyl (C=O) groups excluding carboxylic acids is 1. The number of nitrogen functional groups attached to an aromatic ring is 1. The van der Waals surface area contributed by atoms with Crippen LogP contribution >= 0.6 is 0 Å². The summed E-state index contributed by atoms with van der Waals surface area (Å²) < 4.78 is 0. The summed E-state index contributed by atoms with van der Waals surface area (Å²) in [5.74, 6) is 0.586. The summed E-state index contributed by atoms with van der Waals surface area (Å²) in [7, 11) is 0. The Kier molecular flexibility index (Phi) is 3.76. The number of aromatic nitrogens is 2. The number of carbonyl (C=O) groups is 1. The number of nitrogens with zero attached hydrogens (tertiary/aromatic N) is 4. The molecule has 2 rings (SSSR count). The SMILES string of the molecule is CC(=O)N1CCN(Cc2cnc(N)cn2)CC1C. The molecule has 1 unspecified atom stereocenters. The van der Waals surface area contributed by atoms with Crippen molar-refractivity contribution in [3.63, 3.8) is 0 Å². The minimum Gasteiger partial charge on any atom is -0.382 e. The first-order chi connectivity index (χ1) is 8.56. The Morgan fingerprint density at radius 3 is 2.78 bits per heavy atom. The molecule has 6 heteroatoms. The molecule has 1 fully saturated rings. The Bertz CT molecular complexity index is 419. The highest BCUT2D eigenvalue weighted by atomic mass is 16.2. The zero-order valence-electron chi connectivity index (χ0n) is 10.8. The van der Waals surface area contributed by atoms with Crippen molar-refractivity contribution in [2.24, 2.45) is 0 Å². The lowest BCUT2D eigenvalue weighted by molar-refractivity contribution is -0.133. The second-order valence-electron chi connectivity index (χ2n) is 4.73. The predicted molar refractivity (Wildman–Crippen MR) is 68.6 cm³/mol. The summed E-state index contributed by atoms with van der Waals surface area (Å²) in [6.45, 7) is 6.96. The van der Waals surface area contributed by atoms with Crippen LogP contribution in [0.15, 0.2) is 12.4 Å². The van der Waals surface area contributed by atoms with Gasteiger partial charge in [0.25, 0.3) is 0 Å². The molecule has 0 spiro atoms. The summed E-state index contributed by atoms with van der Waals surface area (Å²) >= 11 is 0. The first-order valence-electron chi connectivity index (χ1n) is 6.12. The maximum absolute atomic E-state index is 11.4. The molecule has 1 aromatic rings. The van der Waals surface area contributed by atoms with Gasteiger partial charge in [-0.3, -0.25) is 14.7 Å². The maximum atomic E-state index is 11.4. The lowest BCUT2D eigenvalue weighted by atomic mass is 10.2. The standard InChI is InChI=1S/C12H19N5O/c1-9-7-16(3-4-17(9)10(2)18)8-11-5-15-12(13)6-14-11/h5-6,9H,3-4,7-8H2,1-2H3,(H2,13,15). The van der Waals surface area contributed by atoms with E-state index in [2.05, 4.69) is 21.8 Å². The van der Waals surface area contributed by atoms with E-state index in [9.17, 15) is 4.79 Å². The number of hydrogen-bond donors (Lipinski definition) is 1. The van der Waals surface area contributed by atoms with E-state index >= 15 is 0 Å². The van der Waals surface area contributed by atoms with Crippen LogP contribution in [0.3, 0.4) is 0 Å². The number of amides is 1. The van der Waals surface area contributed by atoms with E-state index in [4.69, 9.17) is 5.73 Å². The molecule has 2 N–H and O–H groups in total. The summed E-state index contributed by atoms with van der Waals surface area (Å²) in [6.07, 6.45) is 3.28. The molecule has 6 nitrogen and oxygen atoms in total. The van der Waals surface area contributed by atoms with Gasteiger partial charge in [0.05, 0.1) is 18.1 Å². The van der Waals surface area contributed by atoms with Gasteiger partial charge in [0, 0.05) is 39.1 Å².